The van der Waals surface area contributed by atoms with E-state index in [0.717, 1.165) is 16.3 Å². The number of aromatic nitrogens is 2. The van der Waals surface area contributed by atoms with Crippen LogP contribution < -0.4 is 10.6 Å². The molecule has 0 aliphatic rings. The highest BCUT2D eigenvalue weighted by Gasteiger charge is 2.15. The number of hydrogen-bond acceptors (Lipinski definition) is 5. The number of hydrogen-bond donors (Lipinski definition) is 2. The molecule has 0 fully saturated rings. The number of nitrogens with one attached hydrogen (secondary N) is 2. The fraction of sp³-hybridized carbons (Fsp3) is 0.357. The van der Waals surface area contributed by atoms with E-state index >= 15 is 0 Å². The van der Waals surface area contributed by atoms with Crippen molar-refractivity contribution in [3.8, 4) is 0 Å². The molecular formula is C14H18N4OS. The summed E-state index contributed by atoms with van der Waals surface area (Å²) >= 11 is 1.36. The molecule has 2 rings (SSSR count). The first-order valence-electron chi connectivity index (χ1n) is 6.41. The fourth-order valence-corrected chi connectivity index (χ4v) is 2.36. The van der Waals surface area contributed by atoms with Gasteiger partial charge in [0.25, 0.3) is 0 Å². The van der Waals surface area contributed by atoms with E-state index in [1.807, 2.05) is 32.9 Å². The van der Waals surface area contributed by atoms with Gasteiger partial charge in [-0.1, -0.05) is 23.5 Å². The summed E-state index contributed by atoms with van der Waals surface area (Å²) in [5, 5.41) is 15.1. The lowest BCUT2D eigenvalue weighted by molar-refractivity contribution is -0.116. The SMILES string of the molecule is Cc1nnc(NC(=O)[C@@H](C)Nc2cccc(C)c2C)s1. The molecule has 0 spiro atoms. The number of nitrogens with zero attached hydrogens (tertiary/aromatic N) is 2. The summed E-state index contributed by atoms with van der Waals surface area (Å²) in [5.74, 6) is -0.123. The Balaban J connectivity index is 2.02. The Labute approximate surface area is 122 Å². The van der Waals surface area contributed by atoms with Gasteiger partial charge in [-0.2, -0.15) is 0 Å². The number of aryl methyl sites for hydroxylation is 2. The summed E-state index contributed by atoms with van der Waals surface area (Å²) in [5.41, 5.74) is 3.32. The molecule has 1 aromatic heterocycles. The highest BCUT2D eigenvalue weighted by molar-refractivity contribution is 7.15. The zero-order valence-corrected chi connectivity index (χ0v) is 12.8. The third-order valence-electron chi connectivity index (χ3n) is 3.13. The quantitative estimate of drug-likeness (QED) is 0.908. The molecule has 0 bridgehead atoms. The number of carbonyl (C=O) groups excluding carboxylic acids is 1. The third-order valence-corrected chi connectivity index (χ3v) is 3.88. The maximum atomic E-state index is 12.1. The van der Waals surface area contributed by atoms with E-state index in [0.29, 0.717) is 5.13 Å². The van der Waals surface area contributed by atoms with Gasteiger partial charge in [0.15, 0.2) is 0 Å². The van der Waals surface area contributed by atoms with Crippen LogP contribution in [0.25, 0.3) is 0 Å². The Morgan fingerprint density at radius 1 is 1.25 bits per heavy atom. The summed E-state index contributed by atoms with van der Waals surface area (Å²) in [4.78, 5) is 12.1. The van der Waals surface area contributed by atoms with Crippen molar-refractivity contribution in [1.29, 1.82) is 0 Å². The highest BCUT2D eigenvalue weighted by atomic mass is 32.1. The molecule has 0 unspecified atom stereocenters. The van der Waals surface area contributed by atoms with Gasteiger partial charge in [-0.3, -0.25) is 10.1 Å². The second-order valence-electron chi connectivity index (χ2n) is 4.73. The van der Waals surface area contributed by atoms with Crippen molar-refractivity contribution in [3.63, 3.8) is 0 Å². The van der Waals surface area contributed by atoms with Gasteiger partial charge in [0, 0.05) is 5.69 Å². The molecule has 2 N–H and O–H groups in total. The lowest BCUT2D eigenvalue weighted by Gasteiger charge is -2.16. The monoisotopic (exact) mass is 290 g/mol. The minimum absolute atomic E-state index is 0.123. The van der Waals surface area contributed by atoms with Crippen LogP contribution in [0.1, 0.15) is 23.1 Å². The fourth-order valence-electron chi connectivity index (χ4n) is 1.77. The molecule has 20 heavy (non-hydrogen) atoms. The van der Waals surface area contributed by atoms with Crippen LogP contribution in [0, 0.1) is 20.8 Å². The van der Waals surface area contributed by atoms with E-state index in [9.17, 15) is 4.79 Å². The van der Waals surface area contributed by atoms with Crippen LogP contribution in [0.5, 0.6) is 0 Å². The average molecular weight is 290 g/mol. The van der Waals surface area contributed by atoms with Gasteiger partial charge in [-0.15, -0.1) is 10.2 Å². The average Bonchev–Trinajstić information content (AvgIpc) is 2.80. The Hall–Kier alpha value is -1.95. The Morgan fingerprint density at radius 2 is 2.00 bits per heavy atom. The van der Waals surface area contributed by atoms with Gasteiger partial charge in [0.05, 0.1) is 0 Å². The largest absolute Gasteiger partial charge is 0.374 e. The van der Waals surface area contributed by atoms with Crippen molar-refractivity contribution >= 4 is 28.1 Å². The molecule has 106 valence electrons. The van der Waals surface area contributed by atoms with Crippen LogP contribution in [0.3, 0.4) is 0 Å². The lowest BCUT2D eigenvalue weighted by atomic mass is 10.1. The summed E-state index contributed by atoms with van der Waals surface area (Å²) < 4.78 is 0. The van der Waals surface area contributed by atoms with E-state index in [1.165, 1.54) is 16.9 Å². The Kier molecular flexibility index (Phi) is 4.34. The lowest BCUT2D eigenvalue weighted by Crippen LogP contribution is -2.32. The first-order chi connectivity index (χ1) is 9.47. The first-order valence-corrected chi connectivity index (χ1v) is 7.22. The van der Waals surface area contributed by atoms with E-state index < -0.39 is 0 Å². The molecule has 0 radical (unpaired) electrons. The van der Waals surface area contributed by atoms with Gasteiger partial charge < -0.3 is 5.32 Å². The number of rotatable bonds is 4. The first kappa shape index (κ1) is 14.5. The van der Waals surface area contributed by atoms with Crippen molar-refractivity contribution in [2.45, 2.75) is 33.7 Å². The van der Waals surface area contributed by atoms with E-state index in [2.05, 4.69) is 33.8 Å². The summed E-state index contributed by atoms with van der Waals surface area (Å²) in [6.07, 6.45) is 0. The molecule has 2 aromatic rings. The van der Waals surface area contributed by atoms with Gasteiger partial charge >= 0.3 is 0 Å². The summed E-state index contributed by atoms with van der Waals surface area (Å²) in [6.45, 7) is 7.77. The topological polar surface area (TPSA) is 66.9 Å². The van der Waals surface area contributed by atoms with Gasteiger partial charge in [0.2, 0.25) is 11.0 Å². The Morgan fingerprint density at radius 3 is 2.65 bits per heavy atom. The van der Waals surface area contributed by atoms with Crippen LogP contribution in [-0.2, 0) is 4.79 Å². The van der Waals surface area contributed by atoms with Crippen molar-refractivity contribution < 1.29 is 4.79 Å². The predicted molar refractivity (Wildman–Crippen MR) is 82.3 cm³/mol. The van der Waals surface area contributed by atoms with Crippen LogP contribution >= 0.6 is 11.3 Å². The molecule has 1 aromatic carbocycles. The molecule has 6 heteroatoms. The summed E-state index contributed by atoms with van der Waals surface area (Å²) in [7, 11) is 0. The van der Waals surface area contributed by atoms with Crippen LogP contribution in [0.2, 0.25) is 0 Å². The van der Waals surface area contributed by atoms with Crippen molar-refractivity contribution in [3.05, 3.63) is 34.3 Å². The molecule has 1 amide bonds. The maximum absolute atomic E-state index is 12.1. The minimum atomic E-state index is -0.347. The molecule has 0 saturated carbocycles. The molecule has 0 saturated heterocycles. The number of carbonyl (C=O) groups is 1. The number of amides is 1. The van der Waals surface area contributed by atoms with E-state index in [-0.39, 0.29) is 11.9 Å². The van der Waals surface area contributed by atoms with Crippen molar-refractivity contribution in [2.75, 3.05) is 10.6 Å². The van der Waals surface area contributed by atoms with Gasteiger partial charge in [-0.05, 0) is 44.9 Å². The highest BCUT2D eigenvalue weighted by Crippen LogP contribution is 2.19. The Bertz CT molecular complexity index is 623. The molecule has 0 aliphatic carbocycles. The van der Waals surface area contributed by atoms with E-state index in [1.54, 1.807) is 0 Å². The molecular weight excluding hydrogens is 272 g/mol. The van der Waals surface area contributed by atoms with Crippen molar-refractivity contribution in [1.82, 2.24) is 10.2 Å². The van der Waals surface area contributed by atoms with Crippen LogP contribution in [0.4, 0.5) is 10.8 Å². The zero-order valence-electron chi connectivity index (χ0n) is 12.0. The van der Waals surface area contributed by atoms with E-state index in [4.69, 9.17) is 0 Å². The van der Waals surface area contributed by atoms with Crippen LogP contribution in [0.15, 0.2) is 18.2 Å². The minimum Gasteiger partial charge on any atom is -0.374 e. The second-order valence-corrected chi connectivity index (χ2v) is 5.91. The number of anilines is 2. The molecule has 5 nitrogen and oxygen atoms in total. The van der Waals surface area contributed by atoms with Crippen LogP contribution in [-0.4, -0.2) is 22.1 Å². The normalized spacial score (nSPS) is 12.0. The molecule has 0 aliphatic heterocycles. The third kappa shape index (κ3) is 3.33. The van der Waals surface area contributed by atoms with Crippen molar-refractivity contribution in [2.24, 2.45) is 0 Å². The predicted octanol–water partition coefficient (Wildman–Crippen LogP) is 2.90. The zero-order chi connectivity index (χ0) is 14.7. The van der Waals surface area contributed by atoms with Gasteiger partial charge in [-0.25, -0.2) is 0 Å². The second kappa shape index (κ2) is 6.00. The maximum Gasteiger partial charge on any atom is 0.248 e. The molecule has 1 atom stereocenters. The standard InChI is InChI=1S/C14H18N4OS/c1-8-6-5-7-12(9(8)2)15-10(3)13(19)16-14-18-17-11(4)20-14/h5-7,10,15H,1-4H3,(H,16,18,19)/t10-/m1/s1. The summed E-state index contributed by atoms with van der Waals surface area (Å²) in [6, 6.07) is 5.65. The number of benzene rings is 1. The molecule has 1 heterocycles. The smallest absolute Gasteiger partial charge is 0.248 e. The van der Waals surface area contributed by atoms with Gasteiger partial charge in [0.1, 0.15) is 11.0 Å².